The van der Waals surface area contributed by atoms with Crippen molar-refractivity contribution in [3.8, 4) is 33.4 Å². The van der Waals surface area contributed by atoms with Gasteiger partial charge in [-0.1, -0.05) is 237 Å². The van der Waals surface area contributed by atoms with E-state index in [2.05, 4.69) is 273 Å². The van der Waals surface area contributed by atoms with Crippen LogP contribution in [0.25, 0.3) is 39.0 Å². The van der Waals surface area contributed by atoms with Crippen LogP contribution in [-0.2, 0) is 17.3 Å². The Morgan fingerprint density at radius 1 is 0.375 bits per heavy atom. The van der Waals surface area contributed by atoms with Gasteiger partial charge in [0.05, 0.1) is 16.4 Å². The van der Waals surface area contributed by atoms with Crippen LogP contribution in [0.4, 0.5) is 11.4 Å². The fourth-order valence-electron chi connectivity index (χ4n) is 14.4. The lowest BCUT2D eigenvalue weighted by molar-refractivity contribution is 0.560. The first kappa shape index (κ1) is 41.3. The molecule has 72 heavy (non-hydrogen) atoms. The highest BCUT2D eigenvalue weighted by molar-refractivity contribution is 6.01. The summed E-state index contributed by atoms with van der Waals surface area (Å²) in [5.41, 5.74) is 27.0. The smallest absolute Gasteiger partial charge is 0.0725 e. The Kier molecular flexibility index (Phi) is 8.88. The molecule has 15 rings (SSSR count). The van der Waals surface area contributed by atoms with Gasteiger partial charge in [0.25, 0.3) is 0 Å². The minimum atomic E-state index is -0.402. The molecule has 0 aromatic heterocycles. The first-order valence-electron chi connectivity index (χ1n) is 25.7. The van der Waals surface area contributed by atoms with Crippen molar-refractivity contribution in [2.24, 2.45) is 0 Å². The summed E-state index contributed by atoms with van der Waals surface area (Å²) in [7, 11) is 0. The molecule has 5 aliphatic rings. The van der Waals surface area contributed by atoms with Crippen LogP contribution in [-0.4, -0.2) is 5.54 Å². The number of hydrogen-bond acceptors (Lipinski definition) is 1. The van der Waals surface area contributed by atoms with E-state index in [4.69, 9.17) is 0 Å². The molecule has 340 valence electrons. The molecule has 0 bridgehead atoms. The highest BCUT2D eigenvalue weighted by atomic mass is 15.2. The highest BCUT2D eigenvalue weighted by Gasteiger charge is 2.55. The lowest BCUT2D eigenvalue weighted by atomic mass is 9.68. The Hall–Kier alpha value is -8.52. The molecule has 1 nitrogen and oxygen atoms in total. The van der Waals surface area contributed by atoms with E-state index in [1.807, 2.05) is 0 Å². The Morgan fingerprint density at radius 3 is 1.32 bits per heavy atom. The summed E-state index contributed by atoms with van der Waals surface area (Å²) in [5.74, 6) is 0.140. The van der Waals surface area contributed by atoms with E-state index in [-0.39, 0.29) is 16.9 Å². The summed E-state index contributed by atoms with van der Waals surface area (Å²) in [6.07, 6.45) is 6.93. The maximum Gasteiger partial charge on any atom is 0.0725 e. The molecule has 2 atom stereocenters. The molecule has 0 amide bonds. The van der Waals surface area contributed by atoms with Crippen LogP contribution in [0, 0.1) is 0 Å². The van der Waals surface area contributed by atoms with Crippen LogP contribution in [0.2, 0.25) is 0 Å². The maximum atomic E-state index is 2.65. The van der Waals surface area contributed by atoms with Crippen LogP contribution in [0.3, 0.4) is 0 Å². The second-order valence-corrected chi connectivity index (χ2v) is 20.8. The molecule has 0 fully saturated rings. The van der Waals surface area contributed by atoms with Crippen molar-refractivity contribution in [2.75, 3.05) is 4.90 Å². The SMILES string of the molecule is CC1(N(c2ccccc2)c2ccc(CC(c3ccccc3)c3ccc4c(c3)C3(c5ccccc5-c5ccccc53)c3ccccc3-4)cc2)C=C2C(=CC1)c1ccccc1C21c2ccccc2-c2ccccc21. The Balaban J connectivity index is 0.842. The molecular weight excluding hydrogens is 867 g/mol. The number of nitrogens with zero attached hydrogens (tertiary/aromatic N) is 1. The Bertz CT molecular complexity index is 3780. The van der Waals surface area contributed by atoms with E-state index in [1.165, 1.54) is 117 Å². The largest absolute Gasteiger partial charge is 0.332 e. The van der Waals surface area contributed by atoms with Gasteiger partial charge in [-0.15, -0.1) is 0 Å². The molecule has 2 spiro atoms. The van der Waals surface area contributed by atoms with Crippen molar-refractivity contribution < 1.29 is 0 Å². The van der Waals surface area contributed by atoms with E-state index in [9.17, 15) is 0 Å². The van der Waals surface area contributed by atoms with Gasteiger partial charge < -0.3 is 4.90 Å². The van der Waals surface area contributed by atoms with Gasteiger partial charge in [-0.25, -0.2) is 0 Å². The molecule has 0 heterocycles. The zero-order valence-corrected chi connectivity index (χ0v) is 40.3. The third-order valence-electron chi connectivity index (χ3n) is 17.2. The molecule has 5 aliphatic carbocycles. The second kappa shape index (κ2) is 15.5. The number of hydrogen-bond donors (Lipinski definition) is 0. The molecule has 10 aromatic rings. The topological polar surface area (TPSA) is 3.24 Å². The standard InChI is InChI=1S/C71H51N/c1-69(43-42-59-57-29-13-19-35-66(57)71(68(59)46-69)64-33-17-10-26-54(64)55-27-11-18-34-65(55)71)72(50-22-6-3-7-23-50)51-39-36-47(37-40-51)44-60(48-20-4-2-5-21-48)49-38-41-58-56-28-12-16-32-63(56)70(67(58)45-49)61-30-14-8-24-52(61)53-25-9-15-31-62(53)70/h2-42,45-46,60H,43-44H2,1H3. The van der Waals surface area contributed by atoms with E-state index < -0.39 is 5.41 Å². The van der Waals surface area contributed by atoms with Crippen LogP contribution < -0.4 is 4.90 Å². The fraction of sp³-hybridized carbons (Fsp3) is 0.0986. The maximum absolute atomic E-state index is 2.65. The molecule has 0 radical (unpaired) electrons. The molecular formula is C71H51N. The Morgan fingerprint density at radius 2 is 0.792 bits per heavy atom. The molecule has 0 saturated heterocycles. The van der Waals surface area contributed by atoms with Crippen molar-refractivity contribution in [3.05, 3.63) is 328 Å². The first-order valence-corrected chi connectivity index (χ1v) is 25.7. The van der Waals surface area contributed by atoms with E-state index in [0.29, 0.717) is 0 Å². The summed E-state index contributed by atoms with van der Waals surface area (Å²) >= 11 is 0. The van der Waals surface area contributed by atoms with Crippen LogP contribution >= 0.6 is 0 Å². The van der Waals surface area contributed by atoms with Gasteiger partial charge in [0.2, 0.25) is 0 Å². The number of fused-ring (bicyclic) bond motifs is 20. The van der Waals surface area contributed by atoms with Gasteiger partial charge in [-0.2, -0.15) is 0 Å². The average Bonchev–Trinajstić information content (AvgIpc) is 4.13. The number of anilines is 2. The molecule has 10 aromatic carbocycles. The summed E-state index contributed by atoms with van der Waals surface area (Å²) in [5, 5.41) is 0. The normalized spacial score (nSPS) is 17.6. The minimum absolute atomic E-state index is 0.140. The lowest BCUT2D eigenvalue weighted by Crippen LogP contribution is -2.44. The van der Waals surface area contributed by atoms with Gasteiger partial charge in [0, 0.05) is 17.3 Å². The highest BCUT2D eigenvalue weighted by Crippen LogP contribution is 2.66. The molecule has 0 aliphatic heterocycles. The lowest BCUT2D eigenvalue weighted by Gasteiger charge is -2.44. The summed E-state index contributed by atoms with van der Waals surface area (Å²) in [6.45, 7) is 2.45. The second-order valence-electron chi connectivity index (χ2n) is 20.8. The Labute approximate surface area is 422 Å². The average molecular weight is 918 g/mol. The van der Waals surface area contributed by atoms with Crippen molar-refractivity contribution in [2.45, 2.75) is 42.1 Å². The van der Waals surface area contributed by atoms with Gasteiger partial charge in [0.15, 0.2) is 0 Å². The third-order valence-corrected chi connectivity index (χ3v) is 17.2. The number of para-hydroxylation sites is 1. The third kappa shape index (κ3) is 5.54. The zero-order chi connectivity index (χ0) is 47.6. The van der Waals surface area contributed by atoms with Crippen molar-refractivity contribution in [1.82, 2.24) is 0 Å². The predicted octanol–water partition coefficient (Wildman–Crippen LogP) is 17.0. The van der Waals surface area contributed by atoms with Crippen molar-refractivity contribution >= 4 is 16.9 Å². The fourth-order valence-corrected chi connectivity index (χ4v) is 14.4. The predicted molar refractivity (Wildman–Crippen MR) is 297 cm³/mol. The zero-order valence-electron chi connectivity index (χ0n) is 40.3. The summed E-state index contributed by atoms with van der Waals surface area (Å²) < 4.78 is 0. The van der Waals surface area contributed by atoms with Gasteiger partial charge in [-0.05, 0) is 150 Å². The summed E-state index contributed by atoms with van der Waals surface area (Å²) in [6, 6.07) is 94.0. The molecule has 0 saturated carbocycles. The van der Waals surface area contributed by atoms with E-state index >= 15 is 0 Å². The molecule has 0 N–H and O–H groups in total. The van der Waals surface area contributed by atoms with Crippen LogP contribution in [0.15, 0.2) is 266 Å². The van der Waals surface area contributed by atoms with Crippen molar-refractivity contribution in [1.29, 1.82) is 0 Å². The number of rotatable bonds is 7. The molecule has 2 unspecified atom stereocenters. The minimum Gasteiger partial charge on any atom is -0.332 e. The number of benzene rings is 10. The first-order chi connectivity index (χ1) is 35.6. The van der Waals surface area contributed by atoms with E-state index in [1.54, 1.807) is 0 Å². The van der Waals surface area contributed by atoms with Gasteiger partial charge in [-0.3, -0.25) is 0 Å². The number of allylic oxidation sites excluding steroid dienone is 2. The quantitative estimate of drug-likeness (QED) is 0.154. The van der Waals surface area contributed by atoms with Gasteiger partial charge in [0.1, 0.15) is 0 Å². The van der Waals surface area contributed by atoms with Crippen molar-refractivity contribution in [3.63, 3.8) is 0 Å². The van der Waals surface area contributed by atoms with Crippen LogP contribution in [0.1, 0.15) is 80.5 Å². The van der Waals surface area contributed by atoms with E-state index in [0.717, 1.165) is 12.8 Å². The monoisotopic (exact) mass is 917 g/mol. The van der Waals surface area contributed by atoms with Gasteiger partial charge >= 0.3 is 0 Å². The van der Waals surface area contributed by atoms with Crippen LogP contribution in [0.5, 0.6) is 0 Å². The summed E-state index contributed by atoms with van der Waals surface area (Å²) in [4.78, 5) is 2.60. The molecule has 1 heteroatoms.